The third-order valence-corrected chi connectivity index (χ3v) is 4.29. The highest BCUT2D eigenvalue weighted by atomic mass is 16.5. The van der Waals surface area contributed by atoms with E-state index >= 15 is 0 Å². The van der Waals surface area contributed by atoms with E-state index in [0.29, 0.717) is 5.92 Å². The monoisotopic (exact) mass is 292 g/mol. The molecule has 1 aliphatic rings. The average Bonchev–Trinajstić information content (AvgIpc) is 2.51. The Kier molecular flexibility index (Phi) is 6.49. The van der Waals surface area contributed by atoms with E-state index in [9.17, 15) is 5.11 Å². The SMILES string of the molecule is CNC(O)CC1CCN(CCOc2ccc(C)cc2)CC1. The van der Waals surface area contributed by atoms with Gasteiger partial charge in [-0.2, -0.15) is 0 Å². The molecule has 0 radical (unpaired) electrons. The summed E-state index contributed by atoms with van der Waals surface area (Å²) in [6, 6.07) is 8.21. The number of piperidine rings is 1. The standard InChI is InChI=1S/C17H28N2O2/c1-14-3-5-16(6-4-14)21-12-11-19-9-7-15(8-10-19)13-17(20)18-2/h3-6,15,17-18,20H,7-13H2,1-2H3. The maximum atomic E-state index is 9.62. The number of hydrogen-bond acceptors (Lipinski definition) is 4. The van der Waals surface area contributed by atoms with Gasteiger partial charge in [-0.05, 0) is 64.4 Å². The van der Waals surface area contributed by atoms with Gasteiger partial charge in [-0.1, -0.05) is 17.7 Å². The number of aryl methyl sites for hydroxylation is 1. The summed E-state index contributed by atoms with van der Waals surface area (Å²) in [7, 11) is 1.81. The zero-order valence-electron chi connectivity index (χ0n) is 13.2. The minimum absolute atomic E-state index is 0.355. The second-order valence-electron chi connectivity index (χ2n) is 5.99. The van der Waals surface area contributed by atoms with Crippen molar-refractivity contribution in [2.75, 3.05) is 33.3 Å². The highest BCUT2D eigenvalue weighted by molar-refractivity contribution is 5.26. The van der Waals surface area contributed by atoms with E-state index in [1.165, 1.54) is 18.4 Å². The van der Waals surface area contributed by atoms with Crippen LogP contribution < -0.4 is 10.1 Å². The molecule has 1 aromatic carbocycles. The summed E-state index contributed by atoms with van der Waals surface area (Å²) < 4.78 is 5.78. The Morgan fingerprint density at radius 1 is 1.29 bits per heavy atom. The van der Waals surface area contributed by atoms with Crippen molar-refractivity contribution in [2.24, 2.45) is 5.92 Å². The lowest BCUT2D eigenvalue weighted by Crippen LogP contribution is -2.38. The lowest BCUT2D eigenvalue weighted by molar-refractivity contribution is 0.0860. The van der Waals surface area contributed by atoms with Gasteiger partial charge >= 0.3 is 0 Å². The summed E-state index contributed by atoms with van der Waals surface area (Å²) in [6.07, 6.45) is 2.85. The molecule has 1 fully saturated rings. The Hall–Kier alpha value is -1.10. The van der Waals surface area contributed by atoms with Gasteiger partial charge in [0.15, 0.2) is 0 Å². The molecule has 2 rings (SSSR count). The van der Waals surface area contributed by atoms with Gasteiger partial charge in [-0.15, -0.1) is 0 Å². The van der Waals surface area contributed by atoms with Gasteiger partial charge in [0.1, 0.15) is 18.6 Å². The van der Waals surface area contributed by atoms with Crippen molar-refractivity contribution in [2.45, 2.75) is 32.4 Å². The Bertz CT molecular complexity index is 400. The smallest absolute Gasteiger partial charge is 0.119 e. The van der Waals surface area contributed by atoms with Gasteiger partial charge in [-0.3, -0.25) is 10.2 Å². The molecule has 0 aliphatic carbocycles. The number of ether oxygens (including phenoxy) is 1. The molecule has 0 bridgehead atoms. The molecule has 2 N–H and O–H groups in total. The molecule has 4 nitrogen and oxygen atoms in total. The molecule has 0 aromatic heterocycles. The third kappa shape index (κ3) is 5.65. The Labute approximate surface area is 128 Å². The van der Waals surface area contributed by atoms with Crippen molar-refractivity contribution in [3.63, 3.8) is 0 Å². The highest BCUT2D eigenvalue weighted by Crippen LogP contribution is 2.21. The van der Waals surface area contributed by atoms with Crippen LogP contribution >= 0.6 is 0 Å². The predicted molar refractivity (Wildman–Crippen MR) is 85.5 cm³/mol. The molecule has 0 saturated carbocycles. The first-order chi connectivity index (χ1) is 10.2. The molecule has 21 heavy (non-hydrogen) atoms. The number of aliphatic hydroxyl groups is 1. The first-order valence-electron chi connectivity index (χ1n) is 7.94. The Morgan fingerprint density at radius 2 is 1.95 bits per heavy atom. The normalized spacial score (nSPS) is 18.6. The van der Waals surface area contributed by atoms with Crippen LogP contribution in [-0.2, 0) is 0 Å². The summed E-state index contributed by atoms with van der Waals surface area (Å²) in [5.74, 6) is 1.59. The molecule has 1 atom stereocenters. The molecule has 0 spiro atoms. The first-order valence-corrected chi connectivity index (χ1v) is 7.94. The Balaban J connectivity index is 1.61. The molecule has 1 saturated heterocycles. The molecule has 118 valence electrons. The van der Waals surface area contributed by atoms with Crippen molar-refractivity contribution in [1.29, 1.82) is 0 Å². The number of rotatable bonds is 7. The van der Waals surface area contributed by atoms with E-state index in [0.717, 1.165) is 38.4 Å². The minimum atomic E-state index is -0.355. The number of nitrogens with zero attached hydrogens (tertiary/aromatic N) is 1. The third-order valence-electron chi connectivity index (χ3n) is 4.29. The summed E-state index contributed by atoms with van der Waals surface area (Å²) in [5, 5.41) is 12.5. The zero-order valence-corrected chi connectivity index (χ0v) is 13.2. The first kappa shape index (κ1) is 16.3. The van der Waals surface area contributed by atoms with Crippen LogP contribution in [0.25, 0.3) is 0 Å². The summed E-state index contributed by atoms with van der Waals surface area (Å²) in [4.78, 5) is 2.45. The average molecular weight is 292 g/mol. The van der Waals surface area contributed by atoms with Gasteiger partial charge < -0.3 is 9.84 Å². The molecule has 1 unspecified atom stereocenters. The summed E-state index contributed by atoms with van der Waals surface area (Å²) in [5.41, 5.74) is 1.26. The number of hydrogen-bond donors (Lipinski definition) is 2. The fraction of sp³-hybridized carbons (Fsp3) is 0.647. The summed E-state index contributed by atoms with van der Waals surface area (Å²) in [6.45, 7) is 6.03. The number of aliphatic hydroxyl groups excluding tert-OH is 1. The van der Waals surface area contributed by atoms with Crippen molar-refractivity contribution >= 4 is 0 Å². The second kappa shape index (κ2) is 8.37. The van der Waals surface area contributed by atoms with E-state index in [1.807, 2.05) is 19.2 Å². The molecule has 1 aromatic rings. The fourth-order valence-corrected chi connectivity index (χ4v) is 2.81. The quantitative estimate of drug-likeness (QED) is 0.755. The van der Waals surface area contributed by atoms with Crippen molar-refractivity contribution in [3.05, 3.63) is 29.8 Å². The lowest BCUT2D eigenvalue weighted by Gasteiger charge is -2.32. The number of benzene rings is 1. The van der Waals surface area contributed by atoms with Crippen LogP contribution in [0.2, 0.25) is 0 Å². The summed E-state index contributed by atoms with van der Waals surface area (Å²) >= 11 is 0. The molecular formula is C17H28N2O2. The van der Waals surface area contributed by atoms with E-state index in [2.05, 4.69) is 29.3 Å². The number of nitrogens with one attached hydrogen (secondary N) is 1. The van der Waals surface area contributed by atoms with Crippen LogP contribution in [0.5, 0.6) is 5.75 Å². The highest BCUT2D eigenvalue weighted by Gasteiger charge is 2.20. The maximum Gasteiger partial charge on any atom is 0.119 e. The Morgan fingerprint density at radius 3 is 2.57 bits per heavy atom. The minimum Gasteiger partial charge on any atom is -0.492 e. The van der Waals surface area contributed by atoms with E-state index in [1.54, 1.807) is 0 Å². The van der Waals surface area contributed by atoms with Gasteiger partial charge in [0.25, 0.3) is 0 Å². The molecular weight excluding hydrogens is 264 g/mol. The largest absolute Gasteiger partial charge is 0.492 e. The molecule has 4 heteroatoms. The molecule has 1 aliphatic heterocycles. The van der Waals surface area contributed by atoms with Crippen LogP contribution in [0.3, 0.4) is 0 Å². The van der Waals surface area contributed by atoms with Crippen LogP contribution in [0.1, 0.15) is 24.8 Å². The maximum absolute atomic E-state index is 9.62. The lowest BCUT2D eigenvalue weighted by atomic mass is 9.93. The van der Waals surface area contributed by atoms with Crippen LogP contribution in [-0.4, -0.2) is 49.5 Å². The predicted octanol–water partition coefficient (Wildman–Crippen LogP) is 2.01. The van der Waals surface area contributed by atoms with Gasteiger partial charge in [0, 0.05) is 6.54 Å². The van der Waals surface area contributed by atoms with E-state index in [4.69, 9.17) is 4.74 Å². The molecule has 0 amide bonds. The topological polar surface area (TPSA) is 44.7 Å². The number of likely N-dealkylation sites (tertiary alicyclic amines) is 1. The van der Waals surface area contributed by atoms with Gasteiger partial charge in [0.2, 0.25) is 0 Å². The van der Waals surface area contributed by atoms with Crippen LogP contribution in [0, 0.1) is 12.8 Å². The fourth-order valence-electron chi connectivity index (χ4n) is 2.81. The second-order valence-corrected chi connectivity index (χ2v) is 5.99. The van der Waals surface area contributed by atoms with E-state index in [-0.39, 0.29) is 6.23 Å². The van der Waals surface area contributed by atoms with Gasteiger partial charge in [-0.25, -0.2) is 0 Å². The van der Waals surface area contributed by atoms with Crippen molar-refractivity contribution < 1.29 is 9.84 Å². The molecule has 1 heterocycles. The van der Waals surface area contributed by atoms with Crippen LogP contribution in [0.15, 0.2) is 24.3 Å². The van der Waals surface area contributed by atoms with Crippen molar-refractivity contribution in [1.82, 2.24) is 10.2 Å². The van der Waals surface area contributed by atoms with Crippen LogP contribution in [0.4, 0.5) is 0 Å². The van der Waals surface area contributed by atoms with Gasteiger partial charge in [0.05, 0.1) is 0 Å². The zero-order chi connectivity index (χ0) is 15.1. The van der Waals surface area contributed by atoms with Crippen molar-refractivity contribution in [3.8, 4) is 5.75 Å². The van der Waals surface area contributed by atoms with E-state index < -0.39 is 0 Å².